The normalized spacial score (nSPS) is 10.3. The highest BCUT2D eigenvalue weighted by atomic mass is 32.2. The Labute approximate surface area is 152 Å². The van der Waals surface area contributed by atoms with E-state index in [1.54, 1.807) is 26.2 Å². The molecule has 0 unspecified atom stereocenters. The molecule has 0 N–H and O–H groups in total. The Balaban J connectivity index is 2.13. The number of rotatable bonds is 7. The molecule has 0 aliphatic rings. The minimum Gasteiger partial charge on any atom is -0.462 e. The number of ether oxygens (including phenoxy) is 2. The molecule has 130 valence electrons. The predicted octanol–water partition coefficient (Wildman–Crippen LogP) is 3.88. The Bertz CT molecular complexity index is 782. The predicted molar refractivity (Wildman–Crippen MR) is 96.4 cm³/mol. The van der Waals surface area contributed by atoms with Gasteiger partial charge >= 0.3 is 5.97 Å². The van der Waals surface area contributed by atoms with Gasteiger partial charge in [0.1, 0.15) is 11.1 Å². The van der Waals surface area contributed by atoms with Gasteiger partial charge in [0, 0.05) is 18.6 Å². The van der Waals surface area contributed by atoms with E-state index in [-0.39, 0.29) is 5.97 Å². The van der Waals surface area contributed by atoms with Crippen LogP contribution in [0, 0.1) is 18.3 Å². The lowest BCUT2D eigenvalue weighted by Gasteiger charge is -2.10. The fourth-order valence-electron chi connectivity index (χ4n) is 2.31. The van der Waals surface area contributed by atoms with Crippen LogP contribution in [0.4, 0.5) is 0 Å². The van der Waals surface area contributed by atoms with E-state index in [1.807, 2.05) is 25.1 Å². The van der Waals surface area contributed by atoms with Gasteiger partial charge in [-0.2, -0.15) is 5.26 Å². The van der Waals surface area contributed by atoms with Crippen LogP contribution in [0.2, 0.25) is 0 Å². The maximum absolute atomic E-state index is 11.7. The molecule has 0 amide bonds. The van der Waals surface area contributed by atoms with Gasteiger partial charge in [-0.25, -0.2) is 9.78 Å². The maximum atomic E-state index is 11.7. The van der Waals surface area contributed by atoms with E-state index in [2.05, 4.69) is 11.1 Å². The molecule has 1 heterocycles. The van der Waals surface area contributed by atoms with Crippen LogP contribution in [-0.4, -0.2) is 24.7 Å². The molecule has 0 aliphatic carbocycles. The van der Waals surface area contributed by atoms with E-state index in [9.17, 15) is 10.1 Å². The molecule has 0 spiro atoms. The van der Waals surface area contributed by atoms with Gasteiger partial charge in [-0.05, 0) is 43.2 Å². The number of aryl methyl sites for hydroxylation is 1. The third-order valence-corrected chi connectivity index (χ3v) is 4.49. The SMILES string of the molecule is CCOC(=O)c1ccc(CSc2nc(C)cc(COC)c2C#N)cc1. The second-order valence-electron chi connectivity index (χ2n) is 5.35. The van der Waals surface area contributed by atoms with Crippen molar-refractivity contribution in [3.05, 3.63) is 58.3 Å². The summed E-state index contributed by atoms with van der Waals surface area (Å²) in [7, 11) is 1.61. The molecule has 1 aromatic carbocycles. The molecule has 2 aromatic rings. The van der Waals surface area contributed by atoms with Crippen LogP contribution in [0.3, 0.4) is 0 Å². The number of thioether (sulfide) groups is 1. The smallest absolute Gasteiger partial charge is 0.338 e. The molecule has 2 rings (SSSR count). The first-order valence-electron chi connectivity index (χ1n) is 7.87. The number of carbonyl (C=O) groups excluding carboxylic acids is 1. The fraction of sp³-hybridized carbons (Fsp3) is 0.316. The number of nitriles is 1. The number of esters is 1. The van der Waals surface area contributed by atoms with Crippen molar-refractivity contribution in [3.8, 4) is 6.07 Å². The molecule has 0 fully saturated rings. The van der Waals surface area contributed by atoms with Gasteiger partial charge in [-0.1, -0.05) is 12.1 Å². The fourth-order valence-corrected chi connectivity index (χ4v) is 3.33. The number of nitrogens with zero attached hydrogens (tertiary/aromatic N) is 2. The lowest BCUT2D eigenvalue weighted by Crippen LogP contribution is -2.04. The summed E-state index contributed by atoms with van der Waals surface area (Å²) >= 11 is 1.50. The maximum Gasteiger partial charge on any atom is 0.338 e. The molecular formula is C19H20N2O3S. The number of hydrogen-bond donors (Lipinski definition) is 0. The molecule has 6 heteroatoms. The summed E-state index contributed by atoms with van der Waals surface area (Å²) in [5, 5.41) is 10.1. The molecule has 0 atom stereocenters. The molecule has 1 aromatic heterocycles. The van der Waals surface area contributed by atoms with Gasteiger partial charge in [0.15, 0.2) is 0 Å². The molecule has 25 heavy (non-hydrogen) atoms. The lowest BCUT2D eigenvalue weighted by atomic mass is 10.1. The Morgan fingerprint density at radius 2 is 2.04 bits per heavy atom. The van der Waals surface area contributed by atoms with Crippen LogP contribution in [0.15, 0.2) is 35.4 Å². The van der Waals surface area contributed by atoms with E-state index in [0.717, 1.165) is 16.8 Å². The molecule has 0 radical (unpaired) electrons. The summed E-state index contributed by atoms with van der Waals surface area (Å²) in [6.07, 6.45) is 0. The van der Waals surface area contributed by atoms with Crippen molar-refractivity contribution in [3.63, 3.8) is 0 Å². The Kier molecular flexibility index (Phi) is 6.99. The average molecular weight is 356 g/mol. The second-order valence-corrected chi connectivity index (χ2v) is 6.32. The van der Waals surface area contributed by atoms with E-state index >= 15 is 0 Å². The third-order valence-electron chi connectivity index (χ3n) is 3.45. The highest BCUT2D eigenvalue weighted by Gasteiger charge is 2.12. The summed E-state index contributed by atoms with van der Waals surface area (Å²) in [6, 6.07) is 11.4. The number of pyridine rings is 1. The van der Waals surface area contributed by atoms with E-state index in [1.165, 1.54) is 11.8 Å². The van der Waals surface area contributed by atoms with Crippen molar-refractivity contribution in [2.45, 2.75) is 31.2 Å². The van der Waals surface area contributed by atoms with E-state index in [0.29, 0.717) is 35.1 Å². The lowest BCUT2D eigenvalue weighted by molar-refractivity contribution is 0.0526. The first-order chi connectivity index (χ1) is 12.1. The summed E-state index contributed by atoms with van der Waals surface area (Å²) in [5.74, 6) is 0.332. The van der Waals surface area contributed by atoms with Crippen molar-refractivity contribution in [1.82, 2.24) is 4.98 Å². The van der Waals surface area contributed by atoms with Crippen LogP contribution >= 0.6 is 11.8 Å². The molecule has 0 aliphatic heterocycles. The summed E-state index contributed by atoms with van der Waals surface area (Å²) in [4.78, 5) is 16.2. The third kappa shape index (κ3) is 5.05. The highest BCUT2D eigenvalue weighted by molar-refractivity contribution is 7.98. The molecule has 5 nitrogen and oxygen atoms in total. The average Bonchev–Trinajstić information content (AvgIpc) is 2.60. The van der Waals surface area contributed by atoms with Crippen molar-refractivity contribution < 1.29 is 14.3 Å². The van der Waals surface area contributed by atoms with Gasteiger partial charge in [0.25, 0.3) is 0 Å². The summed E-state index contributed by atoms with van der Waals surface area (Å²) in [6.45, 7) is 4.42. The zero-order chi connectivity index (χ0) is 18.2. The quantitative estimate of drug-likeness (QED) is 0.554. The van der Waals surface area contributed by atoms with Crippen molar-refractivity contribution in [1.29, 1.82) is 5.26 Å². The van der Waals surface area contributed by atoms with Gasteiger partial charge in [-0.3, -0.25) is 0 Å². The first kappa shape index (κ1) is 19.0. The van der Waals surface area contributed by atoms with Crippen molar-refractivity contribution in [2.75, 3.05) is 13.7 Å². The number of hydrogen-bond acceptors (Lipinski definition) is 6. The van der Waals surface area contributed by atoms with E-state index in [4.69, 9.17) is 9.47 Å². The van der Waals surface area contributed by atoms with Crippen LogP contribution in [0.5, 0.6) is 0 Å². The zero-order valence-corrected chi connectivity index (χ0v) is 15.4. The number of carbonyl (C=O) groups is 1. The zero-order valence-electron chi connectivity index (χ0n) is 14.5. The highest BCUT2D eigenvalue weighted by Crippen LogP contribution is 2.27. The van der Waals surface area contributed by atoms with Crippen molar-refractivity contribution >= 4 is 17.7 Å². The molecule has 0 saturated carbocycles. The molecular weight excluding hydrogens is 336 g/mol. The standard InChI is InChI=1S/C19H20N2O3S/c1-4-24-19(22)15-7-5-14(6-8-15)12-25-18-17(10-20)16(11-23-3)9-13(2)21-18/h5-9H,4,11-12H2,1-3H3. The first-order valence-corrected chi connectivity index (χ1v) is 8.86. The van der Waals surface area contributed by atoms with Crippen LogP contribution in [0.25, 0.3) is 0 Å². The Morgan fingerprint density at radius 3 is 2.64 bits per heavy atom. The molecule has 0 bridgehead atoms. The Hall–Kier alpha value is -2.36. The number of benzene rings is 1. The second kappa shape index (κ2) is 9.21. The minimum absolute atomic E-state index is 0.321. The van der Waals surface area contributed by atoms with Crippen LogP contribution in [-0.2, 0) is 21.8 Å². The number of aromatic nitrogens is 1. The van der Waals surface area contributed by atoms with Crippen LogP contribution < -0.4 is 0 Å². The summed E-state index contributed by atoms with van der Waals surface area (Å²) in [5.41, 5.74) is 3.83. The molecule has 0 saturated heterocycles. The monoisotopic (exact) mass is 356 g/mol. The minimum atomic E-state index is -0.321. The van der Waals surface area contributed by atoms with Gasteiger partial charge in [0.2, 0.25) is 0 Å². The van der Waals surface area contributed by atoms with Gasteiger partial charge < -0.3 is 9.47 Å². The Morgan fingerprint density at radius 1 is 1.32 bits per heavy atom. The van der Waals surface area contributed by atoms with Crippen LogP contribution in [0.1, 0.15) is 39.7 Å². The van der Waals surface area contributed by atoms with E-state index < -0.39 is 0 Å². The van der Waals surface area contributed by atoms with Gasteiger partial charge in [-0.15, -0.1) is 11.8 Å². The van der Waals surface area contributed by atoms with Gasteiger partial charge in [0.05, 0.1) is 24.3 Å². The summed E-state index contributed by atoms with van der Waals surface area (Å²) < 4.78 is 10.1. The topological polar surface area (TPSA) is 72.2 Å². The largest absolute Gasteiger partial charge is 0.462 e. The number of methoxy groups -OCH3 is 1. The van der Waals surface area contributed by atoms with Crippen molar-refractivity contribution in [2.24, 2.45) is 0 Å².